The van der Waals surface area contributed by atoms with Gasteiger partial charge >= 0.3 is 0 Å². The molecule has 0 fully saturated rings. The fourth-order valence-electron chi connectivity index (χ4n) is 1.67. The van der Waals surface area contributed by atoms with Crippen LogP contribution in [0.3, 0.4) is 0 Å². The quantitative estimate of drug-likeness (QED) is 0.563. The zero-order valence-electron chi connectivity index (χ0n) is 10.9. The molecule has 0 aliphatic heterocycles. The van der Waals surface area contributed by atoms with Gasteiger partial charge in [-0.05, 0) is 19.8 Å². The van der Waals surface area contributed by atoms with Crippen LogP contribution in [-0.2, 0) is 11.2 Å². The summed E-state index contributed by atoms with van der Waals surface area (Å²) in [6.45, 7) is 6.82. The fraction of sp³-hybridized carbons (Fsp3) is 0.667. The SMILES string of the molecule is CCCC(OCC)c1nc(CC)cc(NN)n1. The van der Waals surface area contributed by atoms with E-state index in [2.05, 4.69) is 29.2 Å². The first kappa shape index (κ1) is 13.9. The van der Waals surface area contributed by atoms with Gasteiger partial charge in [-0.2, -0.15) is 0 Å². The number of anilines is 1. The zero-order chi connectivity index (χ0) is 12.7. The smallest absolute Gasteiger partial charge is 0.159 e. The van der Waals surface area contributed by atoms with Crippen molar-refractivity contribution in [2.45, 2.75) is 46.1 Å². The molecule has 1 aromatic heterocycles. The first-order valence-corrected chi connectivity index (χ1v) is 6.21. The summed E-state index contributed by atoms with van der Waals surface area (Å²) in [6.07, 6.45) is 2.78. The predicted octanol–water partition coefficient (Wildman–Crippen LogP) is 2.20. The summed E-state index contributed by atoms with van der Waals surface area (Å²) in [4.78, 5) is 8.87. The Morgan fingerprint density at radius 3 is 2.65 bits per heavy atom. The van der Waals surface area contributed by atoms with Gasteiger partial charge < -0.3 is 10.2 Å². The minimum absolute atomic E-state index is 0.0383. The van der Waals surface area contributed by atoms with Crippen molar-refractivity contribution in [2.24, 2.45) is 5.84 Å². The Kier molecular flexibility index (Phi) is 5.86. The molecule has 1 aromatic rings. The van der Waals surface area contributed by atoms with Crippen molar-refractivity contribution in [1.82, 2.24) is 9.97 Å². The van der Waals surface area contributed by atoms with E-state index in [1.165, 1.54) is 0 Å². The van der Waals surface area contributed by atoms with Crippen LogP contribution in [0.4, 0.5) is 5.82 Å². The van der Waals surface area contributed by atoms with Gasteiger partial charge in [-0.15, -0.1) is 0 Å². The van der Waals surface area contributed by atoms with Crippen molar-refractivity contribution in [3.63, 3.8) is 0 Å². The summed E-state index contributed by atoms with van der Waals surface area (Å²) in [6, 6.07) is 1.86. The zero-order valence-corrected chi connectivity index (χ0v) is 10.9. The molecule has 0 radical (unpaired) electrons. The highest BCUT2D eigenvalue weighted by Gasteiger charge is 2.15. The van der Waals surface area contributed by atoms with Crippen LogP contribution in [0.25, 0.3) is 0 Å². The van der Waals surface area contributed by atoms with Crippen LogP contribution in [0.1, 0.15) is 51.2 Å². The Bertz CT molecular complexity index is 315. The lowest BCUT2D eigenvalue weighted by Gasteiger charge is -2.16. The molecule has 0 aliphatic carbocycles. The molecule has 0 saturated carbocycles. The van der Waals surface area contributed by atoms with Crippen LogP contribution in [-0.4, -0.2) is 16.6 Å². The first-order chi connectivity index (χ1) is 8.24. The second kappa shape index (κ2) is 7.19. The molecule has 0 amide bonds. The molecule has 1 atom stereocenters. The Morgan fingerprint density at radius 1 is 1.35 bits per heavy atom. The number of aromatic nitrogens is 2. The Hall–Kier alpha value is -1.20. The van der Waals surface area contributed by atoms with Gasteiger partial charge in [-0.1, -0.05) is 20.3 Å². The molecule has 1 unspecified atom stereocenters. The van der Waals surface area contributed by atoms with E-state index in [-0.39, 0.29) is 6.10 Å². The summed E-state index contributed by atoms with van der Waals surface area (Å²) >= 11 is 0. The van der Waals surface area contributed by atoms with Gasteiger partial charge in [-0.3, -0.25) is 0 Å². The standard InChI is InChI=1S/C12H22N4O/c1-4-7-10(17-6-3)12-14-9(5-2)8-11(15-12)16-13/h8,10H,4-7,13H2,1-3H3,(H,14,15,16). The average Bonchev–Trinajstić information content (AvgIpc) is 2.37. The average molecular weight is 238 g/mol. The second-order valence-electron chi connectivity index (χ2n) is 3.83. The van der Waals surface area contributed by atoms with Crippen molar-refractivity contribution in [3.05, 3.63) is 17.6 Å². The Morgan fingerprint density at radius 2 is 2.12 bits per heavy atom. The largest absolute Gasteiger partial charge is 0.371 e. The number of hydrogen-bond acceptors (Lipinski definition) is 5. The third kappa shape index (κ3) is 3.94. The van der Waals surface area contributed by atoms with Gasteiger partial charge in [0.2, 0.25) is 0 Å². The van der Waals surface area contributed by atoms with E-state index >= 15 is 0 Å². The third-order valence-corrected chi connectivity index (χ3v) is 2.51. The molecule has 0 bridgehead atoms. The number of hydrazine groups is 1. The molecule has 0 spiro atoms. The summed E-state index contributed by atoms with van der Waals surface area (Å²) in [5.41, 5.74) is 3.55. The van der Waals surface area contributed by atoms with Crippen LogP contribution in [0.15, 0.2) is 6.07 Å². The molecule has 5 heteroatoms. The number of hydrogen-bond donors (Lipinski definition) is 2. The maximum Gasteiger partial charge on any atom is 0.159 e. The molecule has 5 nitrogen and oxygen atoms in total. The van der Waals surface area contributed by atoms with Crippen molar-refractivity contribution in [1.29, 1.82) is 0 Å². The molecule has 0 aromatic carbocycles. The fourth-order valence-corrected chi connectivity index (χ4v) is 1.67. The lowest BCUT2D eigenvalue weighted by Crippen LogP contribution is -2.15. The van der Waals surface area contributed by atoms with Gasteiger partial charge in [0.1, 0.15) is 11.9 Å². The minimum Gasteiger partial charge on any atom is -0.371 e. The lowest BCUT2D eigenvalue weighted by atomic mass is 10.2. The molecule has 0 saturated heterocycles. The van der Waals surface area contributed by atoms with E-state index in [4.69, 9.17) is 10.6 Å². The molecule has 17 heavy (non-hydrogen) atoms. The molecule has 3 N–H and O–H groups in total. The summed E-state index contributed by atoms with van der Waals surface area (Å²) < 4.78 is 5.67. The topological polar surface area (TPSA) is 73.1 Å². The number of nitrogens with one attached hydrogen (secondary N) is 1. The van der Waals surface area contributed by atoms with Crippen molar-refractivity contribution in [2.75, 3.05) is 12.0 Å². The van der Waals surface area contributed by atoms with E-state index in [1.54, 1.807) is 0 Å². The van der Waals surface area contributed by atoms with Crippen molar-refractivity contribution < 1.29 is 4.74 Å². The van der Waals surface area contributed by atoms with Crippen LogP contribution in [0.2, 0.25) is 0 Å². The predicted molar refractivity (Wildman–Crippen MR) is 68.5 cm³/mol. The van der Waals surface area contributed by atoms with Crippen LogP contribution >= 0.6 is 0 Å². The van der Waals surface area contributed by atoms with E-state index in [0.29, 0.717) is 12.4 Å². The first-order valence-electron chi connectivity index (χ1n) is 6.21. The van der Waals surface area contributed by atoms with Gasteiger partial charge in [0.25, 0.3) is 0 Å². The normalized spacial score (nSPS) is 12.5. The van der Waals surface area contributed by atoms with E-state index in [0.717, 1.165) is 30.8 Å². The highest BCUT2D eigenvalue weighted by Crippen LogP contribution is 2.21. The van der Waals surface area contributed by atoms with E-state index in [1.807, 2.05) is 13.0 Å². The van der Waals surface area contributed by atoms with Crippen LogP contribution in [0.5, 0.6) is 0 Å². The maximum atomic E-state index is 5.67. The summed E-state index contributed by atoms with van der Waals surface area (Å²) in [5, 5.41) is 0. The summed E-state index contributed by atoms with van der Waals surface area (Å²) in [5.74, 6) is 6.78. The molecular formula is C12H22N4O. The number of aryl methyl sites for hydroxylation is 1. The molecule has 96 valence electrons. The second-order valence-corrected chi connectivity index (χ2v) is 3.83. The lowest BCUT2D eigenvalue weighted by molar-refractivity contribution is 0.0493. The number of ether oxygens (including phenoxy) is 1. The van der Waals surface area contributed by atoms with Crippen molar-refractivity contribution in [3.8, 4) is 0 Å². The van der Waals surface area contributed by atoms with Crippen LogP contribution in [0, 0.1) is 0 Å². The highest BCUT2D eigenvalue weighted by atomic mass is 16.5. The number of nitrogens with zero attached hydrogens (tertiary/aromatic N) is 2. The van der Waals surface area contributed by atoms with Gasteiger partial charge in [0.15, 0.2) is 5.82 Å². The Balaban J connectivity index is 2.99. The van der Waals surface area contributed by atoms with Gasteiger partial charge in [0, 0.05) is 18.4 Å². The Labute approximate surface area is 103 Å². The number of nitrogens with two attached hydrogens (primary N) is 1. The van der Waals surface area contributed by atoms with E-state index < -0.39 is 0 Å². The number of rotatable bonds is 7. The molecular weight excluding hydrogens is 216 g/mol. The molecule has 1 heterocycles. The van der Waals surface area contributed by atoms with Gasteiger partial charge in [-0.25, -0.2) is 15.8 Å². The summed E-state index contributed by atoms with van der Waals surface area (Å²) in [7, 11) is 0. The monoisotopic (exact) mass is 238 g/mol. The minimum atomic E-state index is -0.0383. The van der Waals surface area contributed by atoms with Crippen LogP contribution < -0.4 is 11.3 Å². The van der Waals surface area contributed by atoms with Gasteiger partial charge in [0.05, 0.1) is 0 Å². The highest BCUT2D eigenvalue weighted by molar-refractivity contribution is 5.34. The number of nitrogen functional groups attached to an aromatic ring is 1. The van der Waals surface area contributed by atoms with Crippen molar-refractivity contribution >= 4 is 5.82 Å². The third-order valence-electron chi connectivity index (χ3n) is 2.51. The van der Waals surface area contributed by atoms with E-state index in [9.17, 15) is 0 Å². The molecule has 1 rings (SSSR count). The molecule has 0 aliphatic rings. The maximum absolute atomic E-state index is 5.67.